The molecule has 3 N–H and O–H groups in total. The van der Waals surface area contributed by atoms with E-state index in [1.165, 1.54) is 0 Å². The van der Waals surface area contributed by atoms with Gasteiger partial charge < -0.3 is 10.6 Å². The van der Waals surface area contributed by atoms with Crippen molar-refractivity contribution in [1.29, 1.82) is 5.41 Å². The van der Waals surface area contributed by atoms with Gasteiger partial charge in [-0.25, -0.2) is 0 Å². The fraction of sp³-hybridized carbons (Fsp3) is 0.889. The van der Waals surface area contributed by atoms with E-state index >= 15 is 0 Å². The normalized spacial score (nSPS) is 13.7. The number of likely N-dealkylation sites (N-methyl/N-ethyl adjacent to an activating group) is 1. The second kappa shape index (κ2) is 5.94. The molecule has 0 aromatic rings. The van der Waals surface area contributed by atoms with Crippen molar-refractivity contribution >= 4 is 5.84 Å². The lowest BCUT2D eigenvalue weighted by atomic mass is 10.2. The fourth-order valence-electron chi connectivity index (χ4n) is 1.07. The summed E-state index contributed by atoms with van der Waals surface area (Å²) in [5, 5.41) is 7.28. The van der Waals surface area contributed by atoms with Gasteiger partial charge in [-0.3, -0.25) is 10.3 Å². The highest BCUT2D eigenvalue weighted by Gasteiger charge is 2.10. The van der Waals surface area contributed by atoms with Crippen LogP contribution in [-0.4, -0.2) is 55.9 Å². The second-order valence-corrected chi connectivity index (χ2v) is 3.77. The van der Waals surface area contributed by atoms with E-state index < -0.39 is 0 Å². The first-order valence-electron chi connectivity index (χ1n) is 4.64. The number of nitrogens with zero attached hydrogens (tertiary/aromatic N) is 2. The molecule has 0 rings (SSSR count). The molecule has 0 saturated carbocycles. The molecule has 0 aliphatic rings. The molecule has 4 nitrogen and oxygen atoms in total. The van der Waals surface area contributed by atoms with Crippen molar-refractivity contribution < 1.29 is 0 Å². The molecular formula is C9H22N4. The van der Waals surface area contributed by atoms with Crippen molar-refractivity contribution in [3.63, 3.8) is 0 Å². The first-order valence-corrected chi connectivity index (χ1v) is 4.64. The molecule has 13 heavy (non-hydrogen) atoms. The molecule has 0 aliphatic heterocycles. The van der Waals surface area contributed by atoms with Crippen molar-refractivity contribution in [2.75, 3.05) is 34.2 Å². The summed E-state index contributed by atoms with van der Waals surface area (Å²) in [7, 11) is 6.13. The van der Waals surface area contributed by atoms with Gasteiger partial charge in [0.25, 0.3) is 0 Å². The van der Waals surface area contributed by atoms with Gasteiger partial charge in [-0.15, -0.1) is 0 Å². The van der Waals surface area contributed by atoms with Gasteiger partial charge in [0, 0.05) is 0 Å². The largest absolute Gasteiger partial charge is 0.386 e. The summed E-state index contributed by atoms with van der Waals surface area (Å²) in [6, 6.07) is 0.0576. The summed E-state index contributed by atoms with van der Waals surface area (Å²) in [6.07, 6.45) is 1.11. The number of nitrogens with two attached hydrogens (primary N) is 1. The van der Waals surface area contributed by atoms with Crippen LogP contribution in [0.2, 0.25) is 0 Å². The SMILES string of the molecule is CC(C(=N)N)N(C)CCCN(C)C. The van der Waals surface area contributed by atoms with Crippen LogP contribution in [0.5, 0.6) is 0 Å². The van der Waals surface area contributed by atoms with E-state index in [0.717, 1.165) is 19.5 Å². The van der Waals surface area contributed by atoms with Crippen LogP contribution in [0.4, 0.5) is 0 Å². The van der Waals surface area contributed by atoms with Crippen molar-refractivity contribution in [3.05, 3.63) is 0 Å². The van der Waals surface area contributed by atoms with Crippen molar-refractivity contribution in [1.82, 2.24) is 9.80 Å². The third kappa shape index (κ3) is 5.60. The van der Waals surface area contributed by atoms with E-state index in [1.807, 2.05) is 14.0 Å². The van der Waals surface area contributed by atoms with Crippen LogP contribution in [0, 0.1) is 5.41 Å². The lowest BCUT2D eigenvalue weighted by molar-refractivity contribution is 0.282. The van der Waals surface area contributed by atoms with Crippen LogP contribution < -0.4 is 5.73 Å². The van der Waals surface area contributed by atoms with Gasteiger partial charge in [0.1, 0.15) is 5.84 Å². The molecule has 0 heterocycles. The van der Waals surface area contributed by atoms with E-state index in [9.17, 15) is 0 Å². The van der Waals surface area contributed by atoms with Gasteiger partial charge in [0.05, 0.1) is 6.04 Å². The van der Waals surface area contributed by atoms with E-state index in [-0.39, 0.29) is 11.9 Å². The molecule has 0 fully saturated rings. The number of hydrogen-bond donors (Lipinski definition) is 2. The predicted octanol–water partition coefficient (Wildman–Crippen LogP) is 0.194. The Balaban J connectivity index is 3.61. The lowest BCUT2D eigenvalue weighted by Gasteiger charge is -2.23. The van der Waals surface area contributed by atoms with Gasteiger partial charge in [-0.1, -0.05) is 0 Å². The quantitative estimate of drug-likeness (QED) is 0.460. The molecule has 0 amide bonds. The predicted molar refractivity (Wildman–Crippen MR) is 57.2 cm³/mol. The van der Waals surface area contributed by atoms with Crippen LogP contribution in [-0.2, 0) is 0 Å². The number of hydrogen-bond acceptors (Lipinski definition) is 3. The molecule has 1 atom stereocenters. The van der Waals surface area contributed by atoms with Gasteiger partial charge in [0.2, 0.25) is 0 Å². The first-order chi connectivity index (χ1) is 5.95. The zero-order valence-electron chi connectivity index (χ0n) is 9.17. The minimum absolute atomic E-state index is 0.0576. The smallest absolute Gasteiger partial charge is 0.108 e. The minimum atomic E-state index is 0.0576. The summed E-state index contributed by atoms with van der Waals surface area (Å²) < 4.78 is 0. The minimum Gasteiger partial charge on any atom is -0.386 e. The Kier molecular flexibility index (Phi) is 5.66. The fourth-order valence-corrected chi connectivity index (χ4v) is 1.07. The molecule has 4 heteroatoms. The zero-order valence-corrected chi connectivity index (χ0v) is 9.17. The van der Waals surface area contributed by atoms with Crippen LogP contribution in [0.25, 0.3) is 0 Å². The van der Waals surface area contributed by atoms with Crippen molar-refractivity contribution in [3.8, 4) is 0 Å². The number of rotatable bonds is 6. The molecule has 0 aromatic heterocycles. The zero-order chi connectivity index (χ0) is 10.4. The first kappa shape index (κ1) is 12.4. The Morgan fingerprint density at radius 1 is 1.31 bits per heavy atom. The highest BCUT2D eigenvalue weighted by Crippen LogP contribution is 1.96. The summed E-state index contributed by atoms with van der Waals surface area (Å²) in [5.74, 6) is 0.243. The van der Waals surface area contributed by atoms with E-state index in [0.29, 0.717) is 0 Å². The topological polar surface area (TPSA) is 56.4 Å². The van der Waals surface area contributed by atoms with Crippen LogP contribution >= 0.6 is 0 Å². The average molecular weight is 186 g/mol. The van der Waals surface area contributed by atoms with Gasteiger partial charge in [0.15, 0.2) is 0 Å². The summed E-state index contributed by atoms with van der Waals surface area (Å²) in [6.45, 7) is 4.02. The van der Waals surface area contributed by atoms with Crippen molar-refractivity contribution in [2.45, 2.75) is 19.4 Å². The molecule has 78 valence electrons. The lowest BCUT2D eigenvalue weighted by Crippen LogP contribution is -2.40. The molecule has 1 unspecified atom stereocenters. The average Bonchev–Trinajstić information content (AvgIpc) is 2.02. The second-order valence-electron chi connectivity index (χ2n) is 3.77. The Hall–Kier alpha value is -0.610. The van der Waals surface area contributed by atoms with Gasteiger partial charge >= 0.3 is 0 Å². The van der Waals surface area contributed by atoms with Crippen LogP contribution in [0.1, 0.15) is 13.3 Å². The molecule has 0 aromatic carbocycles. The summed E-state index contributed by atoms with van der Waals surface area (Å²) in [4.78, 5) is 4.26. The standard InChI is InChI=1S/C9H22N4/c1-8(9(10)11)13(4)7-5-6-12(2)3/h8H,5-7H2,1-4H3,(H3,10,11). The van der Waals surface area contributed by atoms with E-state index in [2.05, 4.69) is 23.9 Å². The number of amidine groups is 1. The monoisotopic (exact) mass is 186 g/mol. The molecule has 0 spiro atoms. The number of nitrogens with one attached hydrogen (secondary N) is 1. The Bertz CT molecular complexity index is 156. The highest BCUT2D eigenvalue weighted by molar-refractivity contribution is 5.82. The Morgan fingerprint density at radius 3 is 2.23 bits per heavy atom. The van der Waals surface area contributed by atoms with Crippen LogP contribution in [0.15, 0.2) is 0 Å². The third-order valence-corrected chi connectivity index (χ3v) is 2.23. The molecule has 0 aliphatic carbocycles. The molecule has 0 bridgehead atoms. The maximum absolute atomic E-state index is 7.28. The van der Waals surface area contributed by atoms with E-state index in [4.69, 9.17) is 11.1 Å². The molecule has 0 radical (unpaired) electrons. The summed E-state index contributed by atoms with van der Waals surface area (Å²) in [5.41, 5.74) is 5.40. The Morgan fingerprint density at radius 2 is 1.85 bits per heavy atom. The molecule has 0 saturated heterocycles. The molecular weight excluding hydrogens is 164 g/mol. The Labute approximate surface area is 81.2 Å². The highest BCUT2D eigenvalue weighted by atomic mass is 15.1. The maximum Gasteiger partial charge on any atom is 0.108 e. The van der Waals surface area contributed by atoms with Crippen LogP contribution in [0.3, 0.4) is 0 Å². The van der Waals surface area contributed by atoms with E-state index in [1.54, 1.807) is 0 Å². The van der Waals surface area contributed by atoms with Crippen molar-refractivity contribution in [2.24, 2.45) is 5.73 Å². The maximum atomic E-state index is 7.28. The third-order valence-electron chi connectivity index (χ3n) is 2.23. The van der Waals surface area contributed by atoms with Gasteiger partial charge in [-0.2, -0.15) is 0 Å². The summed E-state index contributed by atoms with van der Waals surface area (Å²) >= 11 is 0. The van der Waals surface area contributed by atoms with Gasteiger partial charge in [-0.05, 0) is 47.6 Å².